The molecule has 0 aliphatic carbocycles. The molecular weight excluding hydrogens is 436 g/mol. The molecule has 1 N–H and O–H groups in total. The third kappa shape index (κ3) is 7.76. The fraction of sp³-hybridized carbons (Fsp3) is 0.370. The second-order valence-electron chi connectivity index (χ2n) is 8.32. The van der Waals surface area contributed by atoms with Crippen molar-refractivity contribution in [3.63, 3.8) is 0 Å². The van der Waals surface area contributed by atoms with E-state index in [1.807, 2.05) is 26.8 Å². The lowest BCUT2D eigenvalue weighted by Gasteiger charge is -2.11. The van der Waals surface area contributed by atoms with Crippen LogP contribution in [-0.4, -0.2) is 30.1 Å². The topological polar surface area (TPSA) is 103 Å². The average molecular weight is 469 g/mol. The first-order valence-corrected chi connectivity index (χ1v) is 11.2. The van der Waals surface area contributed by atoms with Gasteiger partial charge in [0.15, 0.2) is 5.78 Å². The average Bonchev–Trinajstić information content (AvgIpc) is 2.78. The summed E-state index contributed by atoms with van der Waals surface area (Å²) in [5.41, 5.74) is -0.211. The molecule has 7 nitrogen and oxygen atoms in total. The largest absolute Gasteiger partial charge is 0.507 e. The van der Waals surface area contributed by atoms with Gasteiger partial charge in [-0.3, -0.25) is 9.59 Å². The van der Waals surface area contributed by atoms with Crippen LogP contribution in [0.2, 0.25) is 0 Å². The quantitative estimate of drug-likeness (QED) is 0.203. The molecule has 1 aromatic heterocycles. The van der Waals surface area contributed by atoms with Crippen LogP contribution in [0.4, 0.5) is 0 Å². The fourth-order valence-electron chi connectivity index (χ4n) is 3.25. The number of esters is 1. The minimum atomic E-state index is -0.874. The Hall–Kier alpha value is -3.61. The van der Waals surface area contributed by atoms with Gasteiger partial charge in [-0.1, -0.05) is 31.2 Å². The highest BCUT2D eigenvalue weighted by molar-refractivity contribution is 6.12. The number of carbonyl (C=O) groups excluding carboxylic acids is 2. The van der Waals surface area contributed by atoms with Gasteiger partial charge in [0.25, 0.3) is 0 Å². The molecule has 0 saturated carbocycles. The van der Waals surface area contributed by atoms with Crippen LogP contribution in [0.25, 0.3) is 6.08 Å². The minimum Gasteiger partial charge on any atom is -0.507 e. The second-order valence-corrected chi connectivity index (χ2v) is 8.32. The van der Waals surface area contributed by atoms with E-state index in [2.05, 4.69) is 4.74 Å². The highest BCUT2D eigenvalue weighted by Crippen LogP contribution is 2.26. The molecule has 0 spiro atoms. The third-order valence-corrected chi connectivity index (χ3v) is 5.10. The lowest BCUT2D eigenvalue weighted by Crippen LogP contribution is -2.16. The molecule has 2 aromatic rings. The van der Waals surface area contributed by atoms with Crippen LogP contribution >= 0.6 is 0 Å². The van der Waals surface area contributed by atoms with E-state index in [-0.39, 0.29) is 35.5 Å². The summed E-state index contributed by atoms with van der Waals surface area (Å²) in [5, 5.41) is 10.4. The number of hydrogen-bond donors (Lipinski definition) is 1. The Balaban J connectivity index is 2.11. The Bertz CT molecular complexity index is 1100. The van der Waals surface area contributed by atoms with E-state index in [0.29, 0.717) is 18.6 Å². The molecule has 0 saturated heterocycles. The van der Waals surface area contributed by atoms with Gasteiger partial charge in [0.1, 0.15) is 22.8 Å². The molecule has 1 heterocycles. The summed E-state index contributed by atoms with van der Waals surface area (Å²) >= 11 is 0. The number of benzene rings is 1. The molecule has 182 valence electrons. The standard InChI is InChI=1S/C27H32O7/c1-17(2)33-21-13-11-20(12-14-21)15-19(4)26(30)25-22(28)16-23(34-27(25)31)18(3)9-7-6-8-10-24(29)32-5/h6,8,11-18,28H,7,9-10H2,1-5H3/b8-6+,19-15?. The first-order chi connectivity index (χ1) is 16.1. The Morgan fingerprint density at radius 1 is 1.12 bits per heavy atom. The van der Waals surface area contributed by atoms with Gasteiger partial charge in [0.2, 0.25) is 0 Å². The third-order valence-electron chi connectivity index (χ3n) is 5.10. The maximum Gasteiger partial charge on any atom is 0.351 e. The van der Waals surface area contributed by atoms with Crippen molar-refractivity contribution >= 4 is 17.8 Å². The van der Waals surface area contributed by atoms with Crippen molar-refractivity contribution in [2.24, 2.45) is 0 Å². The van der Waals surface area contributed by atoms with Gasteiger partial charge in [0.05, 0.1) is 19.6 Å². The van der Waals surface area contributed by atoms with E-state index in [1.165, 1.54) is 13.2 Å². The van der Waals surface area contributed by atoms with Crippen molar-refractivity contribution in [3.8, 4) is 11.5 Å². The molecule has 1 unspecified atom stereocenters. The first-order valence-electron chi connectivity index (χ1n) is 11.2. The molecule has 7 heteroatoms. The highest BCUT2D eigenvalue weighted by Gasteiger charge is 2.22. The number of ketones is 1. The number of hydrogen-bond acceptors (Lipinski definition) is 7. The van der Waals surface area contributed by atoms with Crippen molar-refractivity contribution in [1.82, 2.24) is 0 Å². The maximum absolute atomic E-state index is 12.8. The first kappa shape index (κ1) is 26.6. The molecule has 1 aromatic carbocycles. The second kappa shape index (κ2) is 12.6. The molecule has 0 radical (unpaired) electrons. The molecule has 0 bridgehead atoms. The van der Waals surface area contributed by atoms with E-state index < -0.39 is 17.2 Å². The maximum atomic E-state index is 12.8. The van der Waals surface area contributed by atoms with Gasteiger partial charge in [0, 0.05) is 12.0 Å². The Morgan fingerprint density at radius 3 is 2.38 bits per heavy atom. The Labute approximate surface area is 199 Å². The van der Waals surface area contributed by atoms with E-state index >= 15 is 0 Å². The molecule has 0 amide bonds. The minimum absolute atomic E-state index is 0.0561. The van der Waals surface area contributed by atoms with Crippen LogP contribution in [0.15, 0.2) is 57.3 Å². The summed E-state index contributed by atoms with van der Waals surface area (Å²) in [7, 11) is 1.33. The summed E-state index contributed by atoms with van der Waals surface area (Å²) in [6.45, 7) is 7.30. The number of carbonyl (C=O) groups is 2. The van der Waals surface area contributed by atoms with E-state index in [0.717, 1.165) is 11.3 Å². The van der Waals surface area contributed by atoms with Crippen LogP contribution in [0.1, 0.15) is 74.6 Å². The molecule has 1 atom stereocenters. The number of Topliss-reactive ketones (excluding diaryl/α,β-unsaturated/α-hetero) is 1. The van der Waals surface area contributed by atoms with E-state index in [4.69, 9.17) is 9.15 Å². The molecule has 0 aliphatic heterocycles. The Morgan fingerprint density at radius 2 is 1.79 bits per heavy atom. The van der Waals surface area contributed by atoms with Crippen LogP contribution in [0.3, 0.4) is 0 Å². The lowest BCUT2D eigenvalue weighted by atomic mass is 9.99. The zero-order valence-corrected chi connectivity index (χ0v) is 20.3. The van der Waals surface area contributed by atoms with Crippen molar-refractivity contribution in [1.29, 1.82) is 0 Å². The predicted octanol–water partition coefficient (Wildman–Crippen LogP) is 5.42. The van der Waals surface area contributed by atoms with Crippen molar-refractivity contribution in [2.75, 3.05) is 7.11 Å². The van der Waals surface area contributed by atoms with Crippen LogP contribution in [-0.2, 0) is 9.53 Å². The molecule has 0 aliphatic rings. The smallest absolute Gasteiger partial charge is 0.351 e. The Kier molecular flexibility index (Phi) is 9.86. The summed E-state index contributed by atoms with van der Waals surface area (Å²) in [6.07, 6.45) is 6.72. The van der Waals surface area contributed by atoms with Gasteiger partial charge in [-0.25, -0.2) is 4.79 Å². The zero-order chi connectivity index (χ0) is 25.3. The SMILES string of the molecule is COC(=O)C/C=C/CCC(C)c1cc(O)c(C(=O)C(C)=Cc2ccc(OC(C)C)cc2)c(=O)o1. The van der Waals surface area contributed by atoms with E-state index in [9.17, 15) is 19.5 Å². The number of rotatable bonds is 11. The lowest BCUT2D eigenvalue weighted by molar-refractivity contribution is -0.139. The number of aromatic hydroxyl groups is 1. The van der Waals surface area contributed by atoms with Gasteiger partial charge in [-0.05, 0) is 63.0 Å². The fourth-order valence-corrected chi connectivity index (χ4v) is 3.25. The predicted molar refractivity (Wildman–Crippen MR) is 130 cm³/mol. The van der Waals surface area contributed by atoms with Crippen LogP contribution < -0.4 is 10.4 Å². The zero-order valence-electron chi connectivity index (χ0n) is 20.3. The van der Waals surface area contributed by atoms with Gasteiger partial charge in [-0.15, -0.1) is 0 Å². The number of methoxy groups -OCH3 is 1. The molecular formula is C27H32O7. The number of allylic oxidation sites excluding steroid dienone is 2. The summed E-state index contributed by atoms with van der Waals surface area (Å²) < 4.78 is 15.5. The van der Waals surface area contributed by atoms with Gasteiger partial charge >= 0.3 is 11.6 Å². The van der Waals surface area contributed by atoms with Crippen LogP contribution in [0.5, 0.6) is 11.5 Å². The van der Waals surface area contributed by atoms with Gasteiger partial charge in [-0.2, -0.15) is 0 Å². The summed E-state index contributed by atoms with van der Waals surface area (Å²) in [5.74, 6) is -0.479. The van der Waals surface area contributed by atoms with Crippen LogP contribution in [0, 0.1) is 0 Å². The molecule has 34 heavy (non-hydrogen) atoms. The number of ether oxygens (including phenoxy) is 2. The summed E-state index contributed by atoms with van der Waals surface area (Å²) in [4.78, 5) is 36.5. The van der Waals surface area contributed by atoms with Crippen molar-refractivity contribution in [3.05, 3.63) is 75.4 Å². The summed E-state index contributed by atoms with van der Waals surface area (Å²) in [6, 6.07) is 8.54. The monoisotopic (exact) mass is 468 g/mol. The van der Waals surface area contributed by atoms with Crippen molar-refractivity contribution < 1.29 is 28.6 Å². The van der Waals surface area contributed by atoms with E-state index in [1.54, 1.807) is 43.3 Å². The molecule has 0 fully saturated rings. The van der Waals surface area contributed by atoms with Crippen molar-refractivity contribution in [2.45, 2.75) is 59.0 Å². The van der Waals surface area contributed by atoms with Gasteiger partial charge < -0.3 is 19.0 Å². The highest BCUT2D eigenvalue weighted by atomic mass is 16.5. The molecule has 2 rings (SSSR count). The normalized spacial score (nSPS) is 12.7.